The van der Waals surface area contributed by atoms with E-state index in [0.29, 0.717) is 28.8 Å². The molecule has 0 saturated heterocycles. The maximum Gasteiger partial charge on any atom is 0.435 e. The molecule has 0 spiro atoms. The number of alkyl halides is 7. The van der Waals surface area contributed by atoms with Crippen LogP contribution >= 0.6 is 23.4 Å². The summed E-state index contributed by atoms with van der Waals surface area (Å²) < 4.78 is 93.4. The molecule has 1 aliphatic heterocycles. The van der Waals surface area contributed by atoms with E-state index in [1.165, 1.54) is 28.8 Å². The first-order valence-corrected chi connectivity index (χ1v) is 14.3. The van der Waals surface area contributed by atoms with Crippen molar-refractivity contribution in [1.82, 2.24) is 0 Å². The van der Waals surface area contributed by atoms with Crippen LogP contribution in [0.5, 0.6) is 0 Å². The van der Waals surface area contributed by atoms with Crippen molar-refractivity contribution in [1.29, 1.82) is 0 Å². The van der Waals surface area contributed by atoms with Gasteiger partial charge in [-0.05, 0) is 55.1 Å². The van der Waals surface area contributed by atoms with Crippen LogP contribution in [0.1, 0.15) is 38.8 Å². The number of carbonyl (C=O) groups excluding carboxylic acids is 2. The summed E-state index contributed by atoms with van der Waals surface area (Å²) in [6.07, 6.45) is -10.7. The number of carbonyl (C=O) groups is 2. The number of nitrogen functional groups attached to an aromatic ring is 1. The van der Waals surface area contributed by atoms with E-state index in [2.05, 4.69) is 10.6 Å². The molecule has 1 atom stereocenters. The Morgan fingerprint density at radius 1 is 1.00 bits per heavy atom. The van der Waals surface area contributed by atoms with Gasteiger partial charge in [0.2, 0.25) is 0 Å². The van der Waals surface area contributed by atoms with Crippen molar-refractivity contribution >= 4 is 57.9 Å². The van der Waals surface area contributed by atoms with Gasteiger partial charge in [-0.1, -0.05) is 29.8 Å². The highest BCUT2D eigenvalue weighted by Crippen LogP contribution is 2.53. The van der Waals surface area contributed by atoms with Crippen LogP contribution in [0.25, 0.3) is 0 Å². The highest BCUT2D eigenvalue weighted by atomic mass is 35.5. The number of nitrogens with zero attached hydrogens (tertiary/aromatic N) is 1. The number of rotatable bonds is 7. The fourth-order valence-electron chi connectivity index (χ4n) is 4.72. The lowest BCUT2D eigenvalue weighted by Gasteiger charge is -2.33. The minimum absolute atomic E-state index is 0.0262. The van der Waals surface area contributed by atoms with Crippen molar-refractivity contribution < 1.29 is 40.3 Å². The third-order valence-corrected chi connectivity index (χ3v) is 7.95. The van der Waals surface area contributed by atoms with Gasteiger partial charge in [-0.25, -0.2) is 4.39 Å². The average molecular weight is 649 g/mol. The summed E-state index contributed by atoms with van der Waals surface area (Å²) >= 11 is 7.84. The van der Waals surface area contributed by atoms with Gasteiger partial charge in [0.15, 0.2) is 0 Å². The van der Waals surface area contributed by atoms with Crippen molar-refractivity contribution in [2.45, 2.75) is 37.5 Å². The molecule has 230 valence electrons. The summed E-state index contributed by atoms with van der Waals surface area (Å²) in [5.41, 5.74) is -0.903. The molecular weight excluding hydrogens is 625 g/mol. The summed E-state index contributed by atoms with van der Waals surface area (Å²) in [5, 5.41) is 5.69. The second kappa shape index (κ2) is 11.8. The van der Waals surface area contributed by atoms with Gasteiger partial charge in [-0.2, -0.15) is 38.1 Å². The van der Waals surface area contributed by atoms with Crippen LogP contribution in [-0.2, 0) is 12.2 Å². The van der Waals surface area contributed by atoms with Gasteiger partial charge in [0, 0.05) is 23.9 Å². The zero-order valence-corrected chi connectivity index (χ0v) is 24.0. The molecule has 0 bridgehead atoms. The number of halogens is 8. The van der Waals surface area contributed by atoms with Crippen molar-refractivity contribution in [3.05, 3.63) is 81.9 Å². The standard InChI is InChI=1S/C28H24ClF7N4O2S/c1-14(13-43-2)40-22-10-15(6-8-21(22)39-24(41)17-4-3-5-18(29)23(17)25(40)42)12-38-20-9-7-16(11-19(20)37)26(30,27(31,32)33)28(34,35)36/h3-11,14,38H,12-13,37H2,1-2H3,(H,39,41)/t14-/m0/s1. The van der Waals surface area contributed by atoms with E-state index in [-0.39, 0.29) is 40.5 Å². The number of hydrogen-bond donors (Lipinski definition) is 3. The SMILES string of the molecule is CSC[C@H](C)N1C(=O)c2c(Cl)cccc2C(=O)Nc2ccc(CNc3ccc(C(F)(C(F)(F)F)C(F)(F)F)cc3N)cc21. The summed E-state index contributed by atoms with van der Waals surface area (Å²) in [5.74, 6) is -0.534. The highest BCUT2D eigenvalue weighted by molar-refractivity contribution is 7.98. The van der Waals surface area contributed by atoms with Gasteiger partial charge in [0.25, 0.3) is 11.8 Å². The monoisotopic (exact) mass is 648 g/mol. The molecule has 1 heterocycles. The number of fused-ring (bicyclic) bond motifs is 2. The maximum atomic E-state index is 14.5. The minimum Gasteiger partial charge on any atom is -0.397 e. The van der Waals surface area contributed by atoms with Gasteiger partial charge in [-0.3, -0.25) is 9.59 Å². The molecule has 1 aliphatic rings. The average Bonchev–Trinajstić information content (AvgIpc) is 2.91. The third-order valence-electron chi connectivity index (χ3n) is 6.82. The summed E-state index contributed by atoms with van der Waals surface area (Å²) in [6.45, 7) is 1.76. The smallest absolute Gasteiger partial charge is 0.397 e. The Morgan fingerprint density at radius 2 is 1.67 bits per heavy atom. The fourth-order valence-corrected chi connectivity index (χ4v) is 5.61. The molecule has 15 heteroatoms. The van der Waals surface area contributed by atoms with E-state index in [1.54, 1.807) is 24.3 Å². The molecule has 0 radical (unpaired) electrons. The Bertz CT molecular complexity index is 1550. The van der Waals surface area contributed by atoms with E-state index < -0.39 is 41.1 Å². The van der Waals surface area contributed by atoms with Crippen LogP contribution in [0.15, 0.2) is 54.6 Å². The van der Waals surface area contributed by atoms with E-state index in [0.717, 1.165) is 6.07 Å². The molecule has 0 fully saturated rings. The summed E-state index contributed by atoms with van der Waals surface area (Å²) in [7, 11) is 0. The molecule has 6 nitrogen and oxygen atoms in total. The first-order chi connectivity index (χ1) is 20.0. The quantitative estimate of drug-likeness (QED) is 0.180. The van der Waals surface area contributed by atoms with Crippen LogP contribution in [-0.4, -0.2) is 42.2 Å². The Hall–Kier alpha value is -3.65. The number of thioether (sulfide) groups is 1. The molecule has 4 N–H and O–H groups in total. The van der Waals surface area contributed by atoms with E-state index >= 15 is 0 Å². The van der Waals surface area contributed by atoms with E-state index in [4.69, 9.17) is 17.3 Å². The second-order valence-corrected chi connectivity index (χ2v) is 11.1. The number of hydrogen-bond acceptors (Lipinski definition) is 5. The lowest BCUT2D eigenvalue weighted by atomic mass is 9.93. The van der Waals surface area contributed by atoms with Crippen LogP contribution < -0.4 is 21.3 Å². The molecule has 43 heavy (non-hydrogen) atoms. The van der Waals surface area contributed by atoms with Crippen molar-refractivity contribution in [2.24, 2.45) is 0 Å². The normalized spacial score (nSPS) is 14.8. The van der Waals surface area contributed by atoms with Gasteiger partial charge in [-0.15, -0.1) is 0 Å². The summed E-state index contributed by atoms with van der Waals surface area (Å²) in [6, 6.07) is 10.4. The molecule has 0 unspecified atom stereocenters. The van der Waals surface area contributed by atoms with Gasteiger partial charge in [0.05, 0.1) is 38.9 Å². The van der Waals surface area contributed by atoms with Crippen molar-refractivity contribution in [2.75, 3.05) is 33.3 Å². The van der Waals surface area contributed by atoms with Crippen LogP contribution in [0.4, 0.5) is 53.5 Å². The number of nitrogens with two attached hydrogens (primary N) is 1. The van der Waals surface area contributed by atoms with Crippen molar-refractivity contribution in [3.63, 3.8) is 0 Å². The molecule has 4 rings (SSSR count). The number of benzene rings is 3. The third kappa shape index (κ3) is 5.94. The second-order valence-electron chi connectivity index (χ2n) is 9.76. The molecule has 2 amide bonds. The first kappa shape index (κ1) is 32.3. The predicted octanol–water partition coefficient (Wildman–Crippen LogP) is 7.79. The molecule has 0 aliphatic carbocycles. The lowest BCUT2D eigenvalue weighted by Crippen LogP contribution is -2.50. The largest absolute Gasteiger partial charge is 0.435 e. The minimum atomic E-state index is -6.27. The topological polar surface area (TPSA) is 87.5 Å². The lowest BCUT2D eigenvalue weighted by molar-refractivity contribution is -0.348. The zero-order valence-electron chi connectivity index (χ0n) is 22.5. The number of nitrogens with one attached hydrogen (secondary N) is 2. The Kier molecular flexibility index (Phi) is 8.85. The number of anilines is 4. The van der Waals surface area contributed by atoms with Gasteiger partial charge in [0.1, 0.15) is 0 Å². The maximum absolute atomic E-state index is 14.5. The van der Waals surface area contributed by atoms with Crippen LogP contribution in [0, 0.1) is 0 Å². The number of amides is 2. The van der Waals surface area contributed by atoms with Crippen LogP contribution in [0.3, 0.4) is 0 Å². The Balaban J connectivity index is 1.69. The zero-order chi connectivity index (χ0) is 31.9. The first-order valence-electron chi connectivity index (χ1n) is 12.5. The summed E-state index contributed by atoms with van der Waals surface area (Å²) in [4.78, 5) is 28.4. The predicted molar refractivity (Wildman–Crippen MR) is 154 cm³/mol. The highest BCUT2D eigenvalue weighted by Gasteiger charge is 2.73. The van der Waals surface area contributed by atoms with Gasteiger partial charge >= 0.3 is 18.0 Å². The molecular formula is C28H24ClF7N4O2S. The molecule has 0 aromatic heterocycles. The van der Waals surface area contributed by atoms with Crippen LogP contribution in [0.2, 0.25) is 5.02 Å². The Morgan fingerprint density at radius 3 is 2.28 bits per heavy atom. The fraction of sp³-hybridized carbons (Fsp3) is 0.286. The Labute approximate surface area is 250 Å². The molecule has 3 aromatic carbocycles. The van der Waals surface area contributed by atoms with E-state index in [1.807, 2.05) is 13.2 Å². The molecule has 0 saturated carbocycles. The van der Waals surface area contributed by atoms with Crippen molar-refractivity contribution in [3.8, 4) is 0 Å². The van der Waals surface area contributed by atoms with Gasteiger partial charge < -0.3 is 21.3 Å². The molecule has 3 aromatic rings. The van der Waals surface area contributed by atoms with E-state index in [9.17, 15) is 40.3 Å².